The molecule has 0 bridgehead atoms. The molecule has 9 aromatic carbocycles. The van der Waals surface area contributed by atoms with Crippen molar-refractivity contribution in [3.63, 3.8) is 0 Å². The summed E-state index contributed by atoms with van der Waals surface area (Å²) in [6.45, 7) is 0. The molecule has 0 amide bonds. The number of hydrogen-bond acceptors (Lipinski definition) is 3. The Bertz CT molecular complexity index is 3580. The molecule has 0 atom stereocenters. The SMILES string of the molecule is c1ccc(-c2cc(-c3ccc(-n4c5ccccc5c5ccccc54)cc3)nc(-c3ccc(-c4cccc5c4ccc4nc(-c6ccccc6)cc(-c6ccccc6)c45)cc3)n2)cc1. The van der Waals surface area contributed by atoms with Crippen LogP contribution in [0.2, 0.25) is 0 Å². The third-order valence-electron chi connectivity index (χ3n) is 12.2. The molecule has 0 N–H and O–H groups in total. The molecule has 63 heavy (non-hydrogen) atoms. The molecule has 0 saturated carbocycles. The van der Waals surface area contributed by atoms with Crippen LogP contribution in [0.15, 0.2) is 231 Å². The molecule has 3 heterocycles. The van der Waals surface area contributed by atoms with Crippen LogP contribution >= 0.6 is 0 Å². The molecular formula is C59H38N4. The Labute approximate surface area is 365 Å². The van der Waals surface area contributed by atoms with E-state index >= 15 is 0 Å². The number of hydrogen-bond donors (Lipinski definition) is 0. The van der Waals surface area contributed by atoms with Gasteiger partial charge in [0.1, 0.15) is 0 Å². The van der Waals surface area contributed by atoms with Crippen molar-refractivity contribution in [3.8, 4) is 73.1 Å². The molecule has 0 aliphatic rings. The van der Waals surface area contributed by atoms with E-state index in [4.69, 9.17) is 15.0 Å². The highest BCUT2D eigenvalue weighted by atomic mass is 15.0. The monoisotopic (exact) mass is 802 g/mol. The minimum absolute atomic E-state index is 0.682. The number of para-hydroxylation sites is 2. The van der Waals surface area contributed by atoms with E-state index in [0.717, 1.165) is 67.1 Å². The Morgan fingerprint density at radius 3 is 1.38 bits per heavy atom. The highest BCUT2D eigenvalue weighted by Gasteiger charge is 2.17. The first-order valence-corrected chi connectivity index (χ1v) is 21.4. The topological polar surface area (TPSA) is 43.6 Å². The summed E-state index contributed by atoms with van der Waals surface area (Å²) in [6.07, 6.45) is 0. The van der Waals surface area contributed by atoms with Crippen LogP contribution in [0.3, 0.4) is 0 Å². The maximum atomic E-state index is 5.22. The lowest BCUT2D eigenvalue weighted by Gasteiger charge is -2.15. The molecular weight excluding hydrogens is 765 g/mol. The predicted molar refractivity (Wildman–Crippen MR) is 262 cm³/mol. The highest BCUT2D eigenvalue weighted by molar-refractivity contribution is 6.17. The van der Waals surface area contributed by atoms with Crippen LogP contribution in [-0.2, 0) is 0 Å². The van der Waals surface area contributed by atoms with Gasteiger partial charge >= 0.3 is 0 Å². The van der Waals surface area contributed by atoms with E-state index in [1.54, 1.807) is 0 Å². The third kappa shape index (κ3) is 6.44. The van der Waals surface area contributed by atoms with Crippen molar-refractivity contribution in [2.24, 2.45) is 0 Å². The van der Waals surface area contributed by atoms with Gasteiger partial charge in [-0.15, -0.1) is 0 Å². The summed E-state index contributed by atoms with van der Waals surface area (Å²) < 4.78 is 2.34. The molecule has 0 unspecified atom stereocenters. The second-order valence-corrected chi connectivity index (χ2v) is 16.0. The molecule has 0 radical (unpaired) electrons. The van der Waals surface area contributed by atoms with Crippen LogP contribution in [0.4, 0.5) is 0 Å². The van der Waals surface area contributed by atoms with E-state index in [2.05, 4.69) is 223 Å². The highest BCUT2D eigenvalue weighted by Crippen LogP contribution is 2.40. The van der Waals surface area contributed by atoms with E-state index in [1.165, 1.54) is 43.7 Å². The van der Waals surface area contributed by atoms with Gasteiger partial charge in [-0.1, -0.05) is 188 Å². The van der Waals surface area contributed by atoms with E-state index in [9.17, 15) is 0 Å². The molecule has 12 rings (SSSR count). The van der Waals surface area contributed by atoms with E-state index in [0.29, 0.717) is 5.82 Å². The summed E-state index contributed by atoms with van der Waals surface area (Å²) in [6, 6.07) is 81.5. The van der Waals surface area contributed by atoms with Crippen molar-refractivity contribution in [1.29, 1.82) is 0 Å². The minimum atomic E-state index is 0.682. The van der Waals surface area contributed by atoms with Crippen LogP contribution in [0.25, 0.3) is 117 Å². The van der Waals surface area contributed by atoms with Crippen molar-refractivity contribution in [1.82, 2.24) is 19.5 Å². The second kappa shape index (κ2) is 15.2. The van der Waals surface area contributed by atoms with Gasteiger partial charge in [-0.05, 0) is 75.5 Å². The smallest absolute Gasteiger partial charge is 0.160 e. The second-order valence-electron chi connectivity index (χ2n) is 16.0. The van der Waals surface area contributed by atoms with Crippen LogP contribution < -0.4 is 0 Å². The first kappa shape index (κ1) is 36.4. The van der Waals surface area contributed by atoms with E-state index < -0.39 is 0 Å². The summed E-state index contributed by atoms with van der Waals surface area (Å²) >= 11 is 0. The molecule has 4 nitrogen and oxygen atoms in total. The quantitative estimate of drug-likeness (QED) is 0.151. The Morgan fingerprint density at radius 2 is 0.762 bits per heavy atom. The van der Waals surface area contributed by atoms with Gasteiger partial charge in [0.15, 0.2) is 5.82 Å². The van der Waals surface area contributed by atoms with Crippen molar-refractivity contribution < 1.29 is 0 Å². The zero-order chi connectivity index (χ0) is 41.7. The zero-order valence-electron chi connectivity index (χ0n) is 34.2. The lowest BCUT2D eigenvalue weighted by molar-refractivity contribution is 1.17. The van der Waals surface area contributed by atoms with Crippen LogP contribution in [0, 0.1) is 0 Å². The number of benzene rings is 9. The fourth-order valence-electron chi connectivity index (χ4n) is 9.21. The first-order valence-electron chi connectivity index (χ1n) is 21.4. The number of aromatic nitrogens is 4. The standard InChI is InChI=1S/C59H38N4/c1-4-15-39(16-5-1)51-37-53(41-17-6-2-7-18-41)60-52-36-35-47-46(23-14-24-50(47)58(51)52)40-27-29-44(30-28-40)59-61-54(42-19-8-3-9-20-42)38-55(62-59)43-31-33-45(34-32-43)63-56-25-12-10-21-48(56)49-22-11-13-26-57(49)63/h1-38H. The fourth-order valence-corrected chi connectivity index (χ4v) is 9.21. The van der Waals surface area contributed by atoms with Gasteiger partial charge in [-0.25, -0.2) is 15.0 Å². The third-order valence-corrected chi connectivity index (χ3v) is 12.2. The molecule has 0 saturated heterocycles. The summed E-state index contributed by atoms with van der Waals surface area (Å²) in [4.78, 5) is 15.6. The fraction of sp³-hybridized carbons (Fsp3) is 0. The maximum absolute atomic E-state index is 5.22. The number of fused-ring (bicyclic) bond motifs is 6. The van der Waals surface area contributed by atoms with Gasteiger partial charge in [-0.3, -0.25) is 0 Å². The van der Waals surface area contributed by atoms with Crippen molar-refractivity contribution in [2.75, 3.05) is 0 Å². The first-order chi connectivity index (χ1) is 31.2. The molecule has 0 aliphatic carbocycles. The predicted octanol–water partition coefficient (Wildman–Crippen LogP) is 15.3. The van der Waals surface area contributed by atoms with Gasteiger partial charge < -0.3 is 4.57 Å². The van der Waals surface area contributed by atoms with Gasteiger partial charge in [0, 0.05) is 44.1 Å². The summed E-state index contributed by atoms with van der Waals surface area (Å²) in [5, 5.41) is 6.00. The number of rotatable bonds is 7. The van der Waals surface area contributed by atoms with Gasteiger partial charge in [0.25, 0.3) is 0 Å². The average Bonchev–Trinajstić information content (AvgIpc) is 3.71. The molecule has 294 valence electrons. The zero-order valence-corrected chi connectivity index (χ0v) is 34.2. The summed E-state index contributed by atoms with van der Waals surface area (Å²) in [5.74, 6) is 0.682. The molecule has 0 aliphatic heterocycles. The normalized spacial score (nSPS) is 11.5. The van der Waals surface area contributed by atoms with Crippen molar-refractivity contribution in [2.45, 2.75) is 0 Å². The van der Waals surface area contributed by atoms with Crippen molar-refractivity contribution >= 4 is 43.5 Å². The molecule has 4 heteroatoms. The molecule has 12 aromatic rings. The molecule has 3 aromatic heterocycles. The summed E-state index contributed by atoms with van der Waals surface area (Å²) in [7, 11) is 0. The number of nitrogens with zero attached hydrogens (tertiary/aromatic N) is 4. The Kier molecular flexibility index (Phi) is 8.79. The average molecular weight is 803 g/mol. The Morgan fingerprint density at radius 1 is 0.286 bits per heavy atom. The lowest BCUT2D eigenvalue weighted by atomic mass is 9.91. The lowest BCUT2D eigenvalue weighted by Crippen LogP contribution is -1.97. The molecule has 0 fully saturated rings. The minimum Gasteiger partial charge on any atom is -0.309 e. The van der Waals surface area contributed by atoms with E-state index in [-0.39, 0.29) is 0 Å². The van der Waals surface area contributed by atoms with Crippen LogP contribution in [0.5, 0.6) is 0 Å². The molecule has 0 spiro atoms. The van der Waals surface area contributed by atoms with Gasteiger partial charge in [0.05, 0.1) is 33.6 Å². The van der Waals surface area contributed by atoms with Gasteiger partial charge in [-0.2, -0.15) is 0 Å². The largest absolute Gasteiger partial charge is 0.309 e. The summed E-state index contributed by atoms with van der Waals surface area (Å²) in [5.41, 5.74) is 15.9. The van der Waals surface area contributed by atoms with Crippen LogP contribution in [0.1, 0.15) is 0 Å². The van der Waals surface area contributed by atoms with E-state index in [1.807, 2.05) is 12.1 Å². The van der Waals surface area contributed by atoms with Crippen molar-refractivity contribution in [3.05, 3.63) is 231 Å². The number of pyridine rings is 1. The maximum Gasteiger partial charge on any atom is 0.160 e. The Hall–Kier alpha value is -8.47. The van der Waals surface area contributed by atoms with Gasteiger partial charge in [0.2, 0.25) is 0 Å². The Balaban J connectivity index is 0.939. The van der Waals surface area contributed by atoms with Crippen LogP contribution in [-0.4, -0.2) is 19.5 Å².